The average molecular weight is 249 g/mol. The molecule has 0 saturated carbocycles. The largest absolute Gasteiger partial charge is 0.374 e. The van der Waals surface area contributed by atoms with Crippen molar-refractivity contribution < 1.29 is 9.72 Å². The normalized spacial score (nSPS) is 19.1. The van der Waals surface area contributed by atoms with E-state index < -0.39 is 4.92 Å². The molecule has 1 N–H and O–H groups in total. The van der Waals surface area contributed by atoms with Crippen molar-refractivity contribution >= 4 is 17.3 Å². The number of nitro benzene ring substituents is 1. The molecule has 0 spiro atoms. The highest BCUT2D eigenvalue weighted by Gasteiger charge is 2.28. The molecular formula is C12H15N3O3. The molecule has 96 valence electrons. The highest BCUT2D eigenvalue weighted by Crippen LogP contribution is 2.23. The van der Waals surface area contributed by atoms with Crippen molar-refractivity contribution in [2.75, 3.05) is 18.9 Å². The zero-order valence-corrected chi connectivity index (χ0v) is 10.3. The van der Waals surface area contributed by atoms with Gasteiger partial charge in [-0.2, -0.15) is 0 Å². The topological polar surface area (TPSA) is 75.5 Å². The van der Waals surface area contributed by atoms with Gasteiger partial charge in [-0.15, -0.1) is 0 Å². The third-order valence-corrected chi connectivity index (χ3v) is 3.16. The smallest absolute Gasteiger partial charge is 0.272 e. The van der Waals surface area contributed by atoms with Crippen LogP contribution in [0.25, 0.3) is 0 Å². The zero-order chi connectivity index (χ0) is 13.3. The first kappa shape index (κ1) is 12.3. The number of nitrogens with one attached hydrogen (secondary N) is 1. The highest BCUT2D eigenvalue weighted by atomic mass is 16.6. The van der Waals surface area contributed by atoms with Crippen molar-refractivity contribution in [3.05, 3.63) is 33.9 Å². The zero-order valence-electron chi connectivity index (χ0n) is 10.3. The molecule has 1 aliphatic heterocycles. The lowest BCUT2D eigenvalue weighted by molar-refractivity contribution is -0.385. The highest BCUT2D eigenvalue weighted by molar-refractivity contribution is 5.86. The molecular weight excluding hydrogens is 234 g/mol. The van der Waals surface area contributed by atoms with E-state index in [2.05, 4.69) is 5.32 Å². The molecule has 1 saturated heterocycles. The standard InChI is InChI=1S/C12H15N3O3/c1-8-7-9(3-4-11(8)15(17)18)13-10-5-6-14(2)12(10)16/h3-4,7,10,13H,5-6H2,1-2H3. The van der Waals surface area contributed by atoms with E-state index >= 15 is 0 Å². The molecule has 2 rings (SSSR count). The number of carbonyl (C=O) groups is 1. The summed E-state index contributed by atoms with van der Waals surface area (Å²) >= 11 is 0. The Labute approximate surface area is 105 Å². The first-order valence-corrected chi connectivity index (χ1v) is 5.75. The fraction of sp³-hybridized carbons (Fsp3) is 0.417. The number of carbonyl (C=O) groups excluding carboxylic acids is 1. The van der Waals surface area contributed by atoms with Crippen molar-refractivity contribution in [3.63, 3.8) is 0 Å². The summed E-state index contributed by atoms with van der Waals surface area (Å²) < 4.78 is 0. The van der Waals surface area contributed by atoms with E-state index in [4.69, 9.17) is 0 Å². The van der Waals surface area contributed by atoms with Gasteiger partial charge in [0.05, 0.1) is 4.92 Å². The Morgan fingerprint density at radius 3 is 2.72 bits per heavy atom. The van der Waals surface area contributed by atoms with E-state index in [0.717, 1.165) is 18.7 Å². The predicted octanol–water partition coefficient (Wildman–Crippen LogP) is 1.55. The molecule has 6 nitrogen and oxygen atoms in total. The summed E-state index contributed by atoms with van der Waals surface area (Å²) in [5.41, 5.74) is 1.42. The fourth-order valence-corrected chi connectivity index (χ4v) is 2.11. The molecule has 1 fully saturated rings. The van der Waals surface area contributed by atoms with Crippen LogP contribution in [0.3, 0.4) is 0 Å². The molecule has 1 heterocycles. The monoisotopic (exact) mass is 249 g/mol. The van der Waals surface area contributed by atoms with Gasteiger partial charge in [0.15, 0.2) is 0 Å². The lowest BCUT2D eigenvalue weighted by Gasteiger charge is -2.13. The molecule has 0 aliphatic carbocycles. The van der Waals surface area contributed by atoms with E-state index in [0.29, 0.717) is 5.56 Å². The van der Waals surface area contributed by atoms with Crippen LogP contribution in [0.4, 0.5) is 11.4 Å². The minimum atomic E-state index is -0.409. The van der Waals surface area contributed by atoms with Gasteiger partial charge in [0.2, 0.25) is 5.91 Å². The van der Waals surface area contributed by atoms with Gasteiger partial charge in [-0.05, 0) is 25.5 Å². The van der Waals surface area contributed by atoms with Gasteiger partial charge in [-0.25, -0.2) is 0 Å². The third kappa shape index (κ3) is 2.27. The van der Waals surface area contributed by atoms with Crippen LogP contribution in [-0.2, 0) is 4.79 Å². The Morgan fingerprint density at radius 2 is 2.22 bits per heavy atom. The molecule has 1 aromatic rings. The van der Waals surface area contributed by atoms with Gasteiger partial charge >= 0.3 is 0 Å². The van der Waals surface area contributed by atoms with Crippen molar-refractivity contribution in [2.45, 2.75) is 19.4 Å². The first-order chi connectivity index (χ1) is 8.49. The van der Waals surface area contributed by atoms with Crippen molar-refractivity contribution in [3.8, 4) is 0 Å². The number of hydrogen-bond donors (Lipinski definition) is 1. The number of nitro groups is 1. The van der Waals surface area contributed by atoms with Crippen LogP contribution in [0.2, 0.25) is 0 Å². The lowest BCUT2D eigenvalue weighted by atomic mass is 10.1. The van der Waals surface area contributed by atoms with E-state index in [9.17, 15) is 14.9 Å². The van der Waals surface area contributed by atoms with Gasteiger partial charge < -0.3 is 10.2 Å². The second-order valence-corrected chi connectivity index (χ2v) is 4.50. The van der Waals surface area contributed by atoms with Crippen LogP contribution in [0.5, 0.6) is 0 Å². The quantitative estimate of drug-likeness (QED) is 0.651. The molecule has 1 atom stereocenters. The van der Waals surface area contributed by atoms with E-state index in [1.54, 1.807) is 31.0 Å². The van der Waals surface area contributed by atoms with Crippen molar-refractivity contribution in [1.82, 2.24) is 4.90 Å². The van der Waals surface area contributed by atoms with Crippen LogP contribution in [-0.4, -0.2) is 35.4 Å². The van der Waals surface area contributed by atoms with Crippen molar-refractivity contribution in [2.24, 2.45) is 0 Å². The summed E-state index contributed by atoms with van der Waals surface area (Å²) in [7, 11) is 1.77. The summed E-state index contributed by atoms with van der Waals surface area (Å²) in [6.07, 6.45) is 0.755. The number of likely N-dealkylation sites (tertiary alicyclic amines) is 1. The molecule has 18 heavy (non-hydrogen) atoms. The van der Waals surface area contributed by atoms with Gasteiger partial charge in [0.25, 0.3) is 5.69 Å². The molecule has 1 aliphatic rings. The summed E-state index contributed by atoms with van der Waals surface area (Å²) in [6.45, 7) is 2.42. The third-order valence-electron chi connectivity index (χ3n) is 3.16. The van der Waals surface area contributed by atoms with E-state index in [1.165, 1.54) is 6.07 Å². The van der Waals surface area contributed by atoms with Gasteiger partial charge in [0.1, 0.15) is 6.04 Å². The summed E-state index contributed by atoms with van der Waals surface area (Å²) in [6, 6.07) is 4.57. The van der Waals surface area contributed by atoms with Crippen molar-refractivity contribution in [1.29, 1.82) is 0 Å². The van der Waals surface area contributed by atoms with E-state index in [1.807, 2.05) is 0 Å². The summed E-state index contributed by atoms with van der Waals surface area (Å²) in [5.74, 6) is 0.0611. The fourth-order valence-electron chi connectivity index (χ4n) is 2.11. The molecule has 0 bridgehead atoms. The Hall–Kier alpha value is -2.11. The number of aryl methyl sites for hydroxylation is 1. The van der Waals surface area contributed by atoms with Crippen LogP contribution >= 0.6 is 0 Å². The van der Waals surface area contributed by atoms with Crippen LogP contribution in [0.1, 0.15) is 12.0 Å². The maximum atomic E-state index is 11.7. The molecule has 0 radical (unpaired) electrons. The predicted molar refractivity (Wildman–Crippen MR) is 67.5 cm³/mol. The molecule has 1 aromatic carbocycles. The number of anilines is 1. The number of hydrogen-bond acceptors (Lipinski definition) is 4. The molecule has 6 heteroatoms. The van der Waals surface area contributed by atoms with Crippen LogP contribution in [0, 0.1) is 17.0 Å². The molecule has 1 amide bonds. The van der Waals surface area contributed by atoms with E-state index in [-0.39, 0.29) is 17.6 Å². The average Bonchev–Trinajstić information content (AvgIpc) is 2.61. The van der Waals surface area contributed by atoms with Gasteiger partial charge in [0, 0.05) is 30.9 Å². The Kier molecular flexibility index (Phi) is 3.18. The van der Waals surface area contributed by atoms with Gasteiger partial charge in [-0.1, -0.05) is 0 Å². The lowest BCUT2D eigenvalue weighted by Crippen LogP contribution is -2.30. The van der Waals surface area contributed by atoms with Gasteiger partial charge in [-0.3, -0.25) is 14.9 Å². The number of amides is 1. The van der Waals surface area contributed by atoms with Crippen LogP contribution < -0.4 is 5.32 Å². The summed E-state index contributed by atoms with van der Waals surface area (Å²) in [4.78, 5) is 23.7. The number of nitrogens with zero attached hydrogens (tertiary/aromatic N) is 2. The Morgan fingerprint density at radius 1 is 1.50 bits per heavy atom. The minimum Gasteiger partial charge on any atom is -0.374 e. The SMILES string of the molecule is Cc1cc(NC2CCN(C)C2=O)ccc1[N+](=O)[O-]. The number of rotatable bonds is 3. The second kappa shape index (κ2) is 4.64. The van der Waals surface area contributed by atoms with Crippen LogP contribution in [0.15, 0.2) is 18.2 Å². The maximum absolute atomic E-state index is 11.7. The maximum Gasteiger partial charge on any atom is 0.272 e. The molecule has 1 unspecified atom stereocenters. The first-order valence-electron chi connectivity index (χ1n) is 5.75. The molecule has 0 aromatic heterocycles. The minimum absolute atomic E-state index is 0.0611. The number of likely N-dealkylation sites (N-methyl/N-ethyl adjacent to an activating group) is 1. The Balaban J connectivity index is 2.14. The second-order valence-electron chi connectivity index (χ2n) is 4.50. The number of benzene rings is 1. The summed E-state index contributed by atoms with van der Waals surface area (Å²) in [5, 5.41) is 13.8. The Bertz CT molecular complexity index is 501.